The lowest BCUT2D eigenvalue weighted by molar-refractivity contribution is 0.0695. The first-order valence-electron chi connectivity index (χ1n) is 8.18. The summed E-state index contributed by atoms with van der Waals surface area (Å²) in [5.41, 5.74) is 6.55. The first-order valence-corrected chi connectivity index (χ1v) is 8.18. The van der Waals surface area contributed by atoms with Crippen molar-refractivity contribution in [2.45, 2.75) is 25.8 Å². The minimum absolute atomic E-state index is 0.0296. The van der Waals surface area contributed by atoms with E-state index in [1.807, 2.05) is 17.9 Å². The molecule has 4 N–H and O–H groups in total. The molecule has 1 aromatic heterocycles. The minimum atomic E-state index is -1.34. The van der Waals surface area contributed by atoms with Crippen LogP contribution in [0.5, 0.6) is 0 Å². The van der Waals surface area contributed by atoms with E-state index in [0.29, 0.717) is 24.3 Å². The molecule has 2 heterocycles. The van der Waals surface area contributed by atoms with Crippen molar-refractivity contribution in [2.24, 2.45) is 5.73 Å². The predicted octanol–water partition coefficient (Wildman–Crippen LogP) is 2.24. The summed E-state index contributed by atoms with van der Waals surface area (Å²) in [6, 6.07) is 2.72. The van der Waals surface area contributed by atoms with E-state index < -0.39 is 22.8 Å². The van der Waals surface area contributed by atoms with Crippen molar-refractivity contribution >= 4 is 22.6 Å². The second-order valence-corrected chi connectivity index (χ2v) is 6.10. The summed E-state index contributed by atoms with van der Waals surface area (Å²) in [5.74, 6) is -1.88. The van der Waals surface area contributed by atoms with Crippen LogP contribution in [0.2, 0.25) is 0 Å². The van der Waals surface area contributed by atoms with Gasteiger partial charge in [-0.05, 0) is 37.5 Å². The predicted molar refractivity (Wildman–Crippen MR) is 94.7 cm³/mol. The maximum Gasteiger partial charge on any atom is 0.341 e. The number of aromatic amines is 1. The number of fused-ring (bicyclic) bond motifs is 1. The molecular weight excluding hydrogens is 325 g/mol. The monoisotopic (exact) mass is 345 g/mol. The Kier molecular flexibility index (Phi) is 4.59. The van der Waals surface area contributed by atoms with Gasteiger partial charge in [0, 0.05) is 24.7 Å². The van der Waals surface area contributed by atoms with E-state index >= 15 is 0 Å². The number of nitrogens with two attached hydrogens (primary N) is 1. The van der Waals surface area contributed by atoms with Gasteiger partial charge in [-0.1, -0.05) is 6.08 Å². The van der Waals surface area contributed by atoms with E-state index in [9.17, 15) is 14.0 Å². The highest BCUT2D eigenvalue weighted by atomic mass is 19.1. The van der Waals surface area contributed by atoms with E-state index in [4.69, 9.17) is 10.8 Å². The summed E-state index contributed by atoms with van der Waals surface area (Å²) in [4.78, 5) is 28.0. The van der Waals surface area contributed by atoms with Crippen molar-refractivity contribution in [3.05, 3.63) is 51.6 Å². The first kappa shape index (κ1) is 17.2. The lowest BCUT2D eigenvalue weighted by Gasteiger charge is -2.29. The number of benzene rings is 1. The maximum absolute atomic E-state index is 14.7. The number of aromatic carboxylic acids is 1. The quantitative estimate of drug-likeness (QED) is 0.738. The van der Waals surface area contributed by atoms with E-state index in [-0.39, 0.29) is 11.4 Å². The molecule has 0 amide bonds. The number of nitrogens with one attached hydrogen (secondary N) is 1. The normalized spacial score (nSPS) is 18.1. The topological polar surface area (TPSA) is 99.4 Å². The van der Waals surface area contributed by atoms with Crippen LogP contribution in [0.4, 0.5) is 10.1 Å². The lowest BCUT2D eigenvalue weighted by Crippen LogP contribution is -2.34. The molecule has 1 atom stereocenters. The molecule has 0 aliphatic carbocycles. The Morgan fingerprint density at radius 3 is 2.92 bits per heavy atom. The lowest BCUT2D eigenvalue weighted by atomic mass is 10.0. The van der Waals surface area contributed by atoms with Crippen molar-refractivity contribution in [1.82, 2.24) is 4.98 Å². The second-order valence-electron chi connectivity index (χ2n) is 6.10. The van der Waals surface area contributed by atoms with Crippen molar-refractivity contribution in [3.63, 3.8) is 0 Å². The number of H-pyrrole nitrogens is 1. The summed E-state index contributed by atoms with van der Waals surface area (Å²) in [5, 5.41) is 9.06. The Hall–Kier alpha value is -2.67. The summed E-state index contributed by atoms with van der Waals surface area (Å²) in [7, 11) is 0. The number of allylic oxidation sites excluding steroid dienone is 1. The van der Waals surface area contributed by atoms with Crippen LogP contribution in [-0.4, -0.2) is 35.2 Å². The molecule has 6 nitrogen and oxygen atoms in total. The van der Waals surface area contributed by atoms with Crippen LogP contribution in [0, 0.1) is 5.82 Å². The summed E-state index contributed by atoms with van der Waals surface area (Å²) in [6.07, 6.45) is 4.92. The Morgan fingerprint density at radius 2 is 2.28 bits per heavy atom. The van der Waals surface area contributed by atoms with E-state index in [0.717, 1.165) is 30.7 Å². The average Bonchev–Trinajstić information content (AvgIpc) is 3.05. The highest BCUT2D eigenvalue weighted by molar-refractivity contribution is 5.93. The molecule has 1 aliphatic rings. The Balaban J connectivity index is 2.12. The van der Waals surface area contributed by atoms with Crippen LogP contribution in [0.25, 0.3) is 10.9 Å². The third-order valence-electron chi connectivity index (χ3n) is 4.78. The van der Waals surface area contributed by atoms with Gasteiger partial charge in [0.2, 0.25) is 5.43 Å². The fourth-order valence-electron chi connectivity index (χ4n) is 3.50. The Morgan fingerprint density at radius 1 is 1.52 bits per heavy atom. The summed E-state index contributed by atoms with van der Waals surface area (Å²) < 4.78 is 14.7. The van der Waals surface area contributed by atoms with Crippen LogP contribution in [0.15, 0.2) is 34.8 Å². The number of anilines is 1. The van der Waals surface area contributed by atoms with Crippen LogP contribution < -0.4 is 16.1 Å². The van der Waals surface area contributed by atoms with Crippen LogP contribution in [0.1, 0.15) is 30.1 Å². The molecule has 132 valence electrons. The van der Waals surface area contributed by atoms with Gasteiger partial charge in [-0.15, -0.1) is 0 Å². The molecule has 0 spiro atoms. The average molecular weight is 345 g/mol. The Bertz CT molecular complexity index is 920. The number of hydrogen-bond donors (Lipinski definition) is 3. The first-order chi connectivity index (χ1) is 12.0. The molecule has 0 saturated carbocycles. The van der Waals surface area contributed by atoms with Crippen molar-refractivity contribution in [3.8, 4) is 0 Å². The maximum atomic E-state index is 14.7. The molecule has 1 fully saturated rings. The van der Waals surface area contributed by atoms with Gasteiger partial charge in [0.15, 0.2) is 0 Å². The molecule has 1 aliphatic heterocycles. The Labute approximate surface area is 143 Å². The molecule has 1 aromatic carbocycles. The molecule has 0 bridgehead atoms. The molecule has 7 heteroatoms. The molecule has 1 saturated heterocycles. The molecule has 3 rings (SSSR count). The molecule has 0 radical (unpaired) electrons. The zero-order valence-corrected chi connectivity index (χ0v) is 13.9. The van der Waals surface area contributed by atoms with Crippen molar-refractivity contribution in [1.29, 1.82) is 0 Å². The van der Waals surface area contributed by atoms with Gasteiger partial charge in [0.05, 0.1) is 17.2 Å². The number of nitrogens with zero attached hydrogens (tertiary/aromatic N) is 1. The summed E-state index contributed by atoms with van der Waals surface area (Å²) in [6.45, 7) is 3.02. The number of rotatable bonds is 4. The zero-order valence-electron chi connectivity index (χ0n) is 13.9. The van der Waals surface area contributed by atoms with Gasteiger partial charge in [0.1, 0.15) is 11.4 Å². The largest absolute Gasteiger partial charge is 0.477 e. The smallest absolute Gasteiger partial charge is 0.341 e. The molecule has 2 aromatic rings. The number of carbonyl (C=O) groups is 1. The molecule has 25 heavy (non-hydrogen) atoms. The van der Waals surface area contributed by atoms with E-state index in [1.54, 1.807) is 6.07 Å². The third-order valence-corrected chi connectivity index (χ3v) is 4.78. The summed E-state index contributed by atoms with van der Waals surface area (Å²) >= 11 is 0. The fourth-order valence-corrected chi connectivity index (χ4v) is 3.50. The fraction of sp³-hybridized carbons (Fsp3) is 0.333. The molecule has 1 unspecified atom stereocenters. The second kappa shape index (κ2) is 6.68. The van der Waals surface area contributed by atoms with E-state index in [1.165, 1.54) is 0 Å². The number of carboxylic acids is 1. The van der Waals surface area contributed by atoms with Crippen molar-refractivity contribution in [2.75, 3.05) is 18.0 Å². The number of halogens is 1. The van der Waals surface area contributed by atoms with Gasteiger partial charge >= 0.3 is 5.97 Å². The third kappa shape index (κ3) is 2.91. The standard InChI is InChI=1S/C18H20FN3O3/c1-2-10(8-20)15-4-3-5-22(15)16-7-14-11(6-13(16)19)17(23)12(9-21-14)18(24)25/h2,6-7,9,15H,3-5,8,20H2,1H3,(H,21,23)(H,24,25). The van der Waals surface area contributed by atoms with E-state index in [2.05, 4.69) is 4.98 Å². The number of hydrogen-bond acceptors (Lipinski definition) is 4. The zero-order chi connectivity index (χ0) is 18.1. The highest BCUT2D eigenvalue weighted by Crippen LogP contribution is 2.33. The van der Waals surface area contributed by atoms with Gasteiger partial charge in [0.25, 0.3) is 0 Å². The molecular formula is C18H20FN3O3. The van der Waals surface area contributed by atoms with Gasteiger partial charge in [-0.2, -0.15) is 0 Å². The minimum Gasteiger partial charge on any atom is -0.477 e. The van der Waals surface area contributed by atoms with Gasteiger partial charge in [-0.25, -0.2) is 9.18 Å². The van der Waals surface area contributed by atoms with Gasteiger partial charge < -0.3 is 20.7 Å². The van der Waals surface area contributed by atoms with Crippen LogP contribution in [-0.2, 0) is 0 Å². The number of aromatic nitrogens is 1. The number of pyridine rings is 1. The highest BCUT2D eigenvalue weighted by Gasteiger charge is 2.29. The SMILES string of the molecule is CC=C(CN)C1CCCN1c1cc2[nH]cc(C(=O)O)c(=O)c2cc1F. The number of carboxylic acid groups (broad SMARTS) is 1. The van der Waals surface area contributed by atoms with Crippen molar-refractivity contribution < 1.29 is 14.3 Å². The van der Waals surface area contributed by atoms with Crippen LogP contribution >= 0.6 is 0 Å². The van der Waals surface area contributed by atoms with Gasteiger partial charge in [-0.3, -0.25) is 4.79 Å². The van der Waals surface area contributed by atoms with Crippen LogP contribution in [0.3, 0.4) is 0 Å².